The van der Waals surface area contributed by atoms with Gasteiger partial charge < -0.3 is 10.4 Å². The standard InChI is InChI=1S/C15H25NO/c17-15(12-3-1-2-4-12)10-16-9-14-8-11-5-6-13(14)7-11/h5-6,11-17H,1-4,7-10H2. The second-order valence-corrected chi connectivity index (χ2v) is 6.31. The van der Waals surface area contributed by atoms with Crippen LogP contribution in [0.25, 0.3) is 0 Å². The zero-order valence-corrected chi connectivity index (χ0v) is 10.6. The highest BCUT2D eigenvalue weighted by molar-refractivity contribution is 5.10. The third kappa shape index (κ3) is 2.58. The molecule has 0 aromatic rings. The topological polar surface area (TPSA) is 32.3 Å². The van der Waals surface area contributed by atoms with Gasteiger partial charge in [0.25, 0.3) is 0 Å². The fraction of sp³-hybridized carbons (Fsp3) is 0.867. The fourth-order valence-electron chi connectivity index (χ4n) is 4.05. The number of fused-ring (bicyclic) bond motifs is 2. The van der Waals surface area contributed by atoms with Gasteiger partial charge in [-0.2, -0.15) is 0 Å². The zero-order chi connectivity index (χ0) is 11.7. The molecule has 0 aromatic heterocycles. The van der Waals surface area contributed by atoms with Crippen LogP contribution in [0.5, 0.6) is 0 Å². The van der Waals surface area contributed by atoms with Crippen LogP contribution in [0, 0.1) is 23.7 Å². The summed E-state index contributed by atoms with van der Waals surface area (Å²) in [7, 11) is 0. The van der Waals surface area contributed by atoms with Crippen LogP contribution >= 0.6 is 0 Å². The lowest BCUT2D eigenvalue weighted by Gasteiger charge is -2.22. The van der Waals surface area contributed by atoms with Crippen molar-refractivity contribution in [2.24, 2.45) is 23.7 Å². The molecule has 0 spiro atoms. The predicted octanol–water partition coefficient (Wildman–Crippen LogP) is 2.34. The van der Waals surface area contributed by atoms with Gasteiger partial charge in [-0.05, 0) is 55.9 Å². The summed E-state index contributed by atoms with van der Waals surface area (Å²) >= 11 is 0. The summed E-state index contributed by atoms with van der Waals surface area (Å²) in [5, 5.41) is 13.6. The Bertz CT molecular complexity index is 283. The molecule has 2 saturated carbocycles. The highest BCUT2D eigenvalue weighted by Gasteiger charge is 2.35. The third-order valence-corrected chi connectivity index (χ3v) is 5.12. The predicted molar refractivity (Wildman–Crippen MR) is 69.7 cm³/mol. The van der Waals surface area contributed by atoms with E-state index in [1.165, 1.54) is 38.5 Å². The van der Waals surface area contributed by atoms with Crippen molar-refractivity contribution < 1.29 is 5.11 Å². The van der Waals surface area contributed by atoms with Crippen LogP contribution in [0.3, 0.4) is 0 Å². The highest BCUT2D eigenvalue weighted by atomic mass is 16.3. The van der Waals surface area contributed by atoms with Gasteiger partial charge in [0.05, 0.1) is 6.10 Å². The molecule has 96 valence electrons. The number of rotatable bonds is 5. The Balaban J connectivity index is 1.36. The van der Waals surface area contributed by atoms with Crippen molar-refractivity contribution in [3.8, 4) is 0 Å². The van der Waals surface area contributed by atoms with Crippen molar-refractivity contribution in [3.05, 3.63) is 12.2 Å². The van der Waals surface area contributed by atoms with E-state index < -0.39 is 0 Å². The van der Waals surface area contributed by atoms with Gasteiger partial charge in [-0.3, -0.25) is 0 Å². The monoisotopic (exact) mass is 235 g/mol. The number of nitrogens with one attached hydrogen (secondary N) is 1. The molecule has 2 heteroatoms. The van der Waals surface area contributed by atoms with Crippen molar-refractivity contribution in [2.45, 2.75) is 44.6 Å². The molecule has 0 aromatic carbocycles. The van der Waals surface area contributed by atoms with Gasteiger partial charge in [0.2, 0.25) is 0 Å². The SMILES string of the molecule is OC(CNCC1CC2C=CC1C2)C1CCCC1. The molecule has 3 rings (SSSR count). The normalized spacial score (nSPS) is 38.1. The molecule has 0 aliphatic heterocycles. The maximum atomic E-state index is 10.1. The van der Waals surface area contributed by atoms with Crippen molar-refractivity contribution in [2.75, 3.05) is 13.1 Å². The summed E-state index contributed by atoms with van der Waals surface area (Å²) in [5.41, 5.74) is 0. The van der Waals surface area contributed by atoms with Crippen molar-refractivity contribution >= 4 is 0 Å². The smallest absolute Gasteiger partial charge is 0.0692 e. The first-order chi connectivity index (χ1) is 8.33. The van der Waals surface area contributed by atoms with Crippen LogP contribution in [-0.4, -0.2) is 24.3 Å². The van der Waals surface area contributed by atoms with Crippen LogP contribution in [0.4, 0.5) is 0 Å². The van der Waals surface area contributed by atoms with E-state index in [2.05, 4.69) is 17.5 Å². The first kappa shape index (κ1) is 11.7. The molecular weight excluding hydrogens is 210 g/mol. The summed E-state index contributed by atoms with van der Waals surface area (Å²) in [6.45, 7) is 1.91. The van der Waals surface area contributed by atoms with Crippen molar-refractivity contribution in [1.29, 1.82) is 0 Å². The van der Waals surface area contributed by atoms with E-state index in [1.54, 1.807) is 0 Å². The van der Waals surface area contributed by atoms with E-state index in [9.17, 15) is 5.11 Å². The molecule has 4 unspecified atom stereocenters. The molecule has 3 aliphatic carbocycles. The molecule has 0 saturated heterocycles. The Morgan fingerprint density at radius 2 is 2.00 bits per heavy atom. The molecule has 3 aliphatic rings. The van der Waals surface area contributed by atoms with E-state index in [1.807, 2.05) is 0 Å². The number of allylic oxidation sites excluding steroid dienone is 2. The molecule has 4 atom stereocenters. The first-order valence-corrected chi connectivity index (χ1v) is 7.40. The average Bonchev–Trinajstić information content (AvgIpc) is 3.06. The van der Waals surface area contributed by atoms with Gasteiger partial charge in [-0.1, -0.05) is 25.0 Å². The van der Waals surface area contributed by atoms with Crippen molar-refractivity contribution in [1.82, 2.24) is 5.32 Å². The Hall–Kier alpha value is -0.340. The second-order valence-electron chi connectivity index (χ2n) is 6.31. The lowest BCUT2D eigenvalue weighted by Crippen LogP contribution is -2.35. The summed E-state index contributed by atoms with van der Waals surface area (Å²) in [6.07, 6.45) is 12.6. The van der Waals surface area contributed by atoms with Crippen LogP contribution in [0.15, 0.2) is 12.2 Å². The molecule has 0 heterocycles. The first-order valence-electron chi connectivity index (χ1n) is 7.40. The third-order valence-electron chi connectivity index (χ3n) is 5.12. The summed E-state index contributed by atoms with van der Waals surface area (Å²) in [6, 6.07) is 0. The lowest BCUT2D eigenvalue weighted by molar-refractivity contribution is 0.108. The molecule has 2 N–H and O–H groups in total. The Morgan fingerprint density at radius 1 is 1.18 bits per heavy atom. The van der Waals surface area contributed by atoms with Gasteiger partial charge in [-0.25, -0.2) is 0 Å². The number of aliphatic hydroxyl groups is 1. The van der Waals surface area contributed by atoms with Crippen LogP contribution < -0.4 is 5.32 Å². The molecular formula is C15H25NO. The quantitative estimate of drug-likeness (QED) is 0.717. The number of hydrogen-bond acceptors (Lipinski definition) is 2. The minimum Gasteiger partial charge on any atom is -0.392 e. The highest BCUT2D eigenvalue weighted by Crippen LogP contribution is 2.42. The van der Waals surface area contributed by atoms with Crippen LogP contribution in [0.1, 0.15) is 38.5 Å². The van der Waals surface area contributed by atoms with E-state index in [0.29, 0.717) is 5.92 Å². The maximum Gasteiger partial charge on any atom is 0.0692 e. The van der Waals surface area contributed by atoms with Gasteiger partial charge in [0, 0.05) is 6.54 Å². The maximum absolute atomic E-state index is 10.1. The van der Waals surface area contributed by atoms with E-state index in [-0.39, 0.29) is 6.10 Å². The summed E-state index contributed by atoms with van der Waals surface area (Å²) < 4.78 is 0. The summed E-state index contributed by atoms with van der Waals surface area (Å²) in [4.78, 5) is 0. The van der Waals surface area contributed by atoms with Gasteiger partial charge >= 0.3 is 0 Å². The van der Waals surface area contributed by atoms with E-state index in [0.717, 1.165) is 30.8 Å². The minimum atomic E-state index is -0.105. The minimum absolute atomic E-state index is 0.105. The van der Waals surface area contributed by atoms with Crippen molar-refractivity contribution in [3.63, 3.8) is 0 Å². The molecule has 2 fully saturated rings. The lowest BCUT2D eigenvalue weighted by atomic mass is 9.93. The van der Waals surface area contributed by atoms with E-state index >= 15 is 0 Å². The average molecular weight is 235 g/mol. The van der Waals surface area contributed by atoms with E-state index in [4.69, 9.17) is 0 Å². The second kappa shape index (κ2) is 5.11. The van der Waals surface area contributed by atoms with Gasteiger partial charge in [0.1, 0.15) is 0 Å². The molecule has 17 heavy (non-hydrogen) atoms. The Morgan fingerprint density at radius 3 is 2.65 bits per heavy atom. The van der Waals surface area contributed by atoms with Gasteiger partial charge in [0.15, 0.2) is 0 Å². The summed E-state index contributed by atoms with van der Waals surface area (Å²) in [5.74, 6) is 3.10. The largest absolute Gasteiger partial charge is 0.392 e. The number of aliphatic hydroxyl groups excluding tert-OH is 1. The molecule has 0 radical (unpaired) electrons. The Labute approximate surface area is 104 Å². The zero-order valence-electron chi connectivity index (χ0n) is 10.6. The van der Waals surface area contributed by atoms with Crippen LogP contribution in [0.2, 0.25) is 0 Å². The molecule has 2 bridgehead atoms. The molecule has 2 nitrogen and oxygen atoms in total. The van der Waals surface area contributed by atoms with Crippen LogP contribution in [-0.2, 0) is 0 Å². The number of hydrogen-bond donors (Lipinski definition) is 2. The van der Waals surface area contributed by atoms with Gasteiger partial charge in [-0.15, -0.1) is 0 Å². The Kier molecular flexibility index (Phi) is 3.53. The fourth-order valence-corrected chi connectivity index (χ4v) is 4.05. The molecule has 0 amide bonds.